The predicted octanol–water partition coefficient (Wildman–Crippen LogP) is 6.54. The van der Waals surface area contributed by atoms with Gasteiger partial charge in [-0.15, -0.1) is 0 Å². The summed E-state index contributed by atoms with van der Waals surface area (Å²) in [5, 5.41) is 2.05. The van der Waals surface area contributed by atoms with Gasteiger partial charge in [-0.25, -0.2) is 13.2 Å². The largest absolute Gasteiger partial charge is 0.450 e. The molecule has 1 amide bonds. The number of nitrogens with one attached hydrogen (secondary N) is 1. The molecule has 0 saturated carbocycles. The maximum atomic E-state index is 13.3. The highest BCUT2D eigenvalue weighted by Gasteiger charge is 2.48. The van der Waals surface area contributed by atoms with Crippen molar-refractivity contribution in [3.63, 3.8) is 0 Å². The zero-order chi connectivity index (χ0) is 25.5. The van der Waals surface area contributed by atoms with E-state index in [1.165, 1.54) is 30.3 Å². The number of carbonyl (C=O) groups is 2. The molecule has 0 saturated heterocycles. The van der Waals surface area contributed by atoms with Crippen molar-refractivity contribution in [2.24, 2.45) is 0 Å². The van der Waals surface area contributed by atoms with Gasteiger partial charge < -0.3 is 15.5 Å². The van der Waals surface area contributed by atoms with Crippen molar-refractivity contribution in [1.82, 2.24) is 0 Å². The summed E-state index contributed by atoms with van der Waals surface area (Å²) in [7, 11) is 0. The van der Waals surface area contributed by atoms with E-state index in [9.17, 15) is 31.5 Å². The minimum atomic E-state index is -4.85. The molecule has 1 heterocycles. The summed E-state index contributed by atoms with van der Waals surface area (Å²) < 4.78 is 70.3. The van der Waals surface area contributed by atoms with E-state index < -0.39 is 29.9 Å². The number of amides is 1. The molecule has 0 fully saturated rings. The Morgan fingerprint density at radius 1 is 1.00 bits per heavy atom. The average Bonchev–Trinajstić information content (AvgIpc) is 3.14. The Morgan fingerprint density at radius 3 is 2.40 bits per heavy atom. The third-order valence-electron chi connectivity index (χ3n) is 5.14. The van der Waals surface area contributed by atoms with Crippen LogP contribution in [0.25, 0.3) is 22.1 Å². The quantitative estimate of drug-likeness (QED) is 0.229. The van der Waals surface area contributed by atoms with Crippen molar-refractivity contribution >= 4 is 45.6 Å². The molecule has 3 N–H and O–H groups in total. The fourth-order valence-electron chi connectivity index (χ4n) is 3.35. The number of benzene rings is 3. The van der Waals surface area contributed by atoms with Crippen molar-refractivity contribution < 1.29 is 36.0 Å². The van der Waals surface area contributed by atoms with Gasteiger partial charge >= 0.3 is 18.3 Å². The highest BCUT2D eigenvalue weighted by Crippen LogP contribution is 2.35. The van der Waals surface area contributed by atoms with Gasteiger partial charge in [0.05, 0.1) is 10.7 Å². The number of hydrogen-bond donors (Lipinski definition) is 2. The van der Waals surface area contributed by atoms with Gasteiger partial charge in [0.25, 0.3) is 0 Å². The molecule has 1 aromatic heterocycles. The predicted molar refractivity (Wildman–Crippen MR) is 120 cm³/mol. The number of nitrogen functional groups attached to an aromatic ring is 1. The van der Waals surface area contributed by atoms with Crippen LogP contribution in [0.4, 0.5) is 33.3 Å². The lowest BCUT2D eigenvalue weighted by molar-refractivity contribution is -0.163. The smallest absolute Gasteiger partial charge is 0.383 e. The second kappa shape index (κ2) is 9.03. The second-order valence-electron chi connectivity index (χ2n) is 7.47. The Morgan fingerprint density at radius 2 is 1.71 bits per heavy atom. The van der Waals surface area contributed by atoms with E-state index in [1.807, 2.05) is 0 Å². The lowest BCUT2D eigenvalue weighted by atomic mass is 10.0. The van der Waals surface area contributed by atoms with E-state index in [2.05, 4.69) is 0 Å². The van der Waals surface area contributed by atoms with E-state index in [1.54, 1.807) is 23.5 Å². The number of nitrogens with two attached hydrogens (primary N) is 1. The fourth-order valence-corrected chi connectivity index (χ4v) is 3.60. The molecule has 4 aromatic rings. The van der Waals surface area contributed by atoms with Crippen LogP contribution in [0.15, 0.2) is 65.1 Å². The molecule has 0 unspecified atom stereocenters. The number of carbonyl (C=O) groups excluding carboxylic acids is 2. The summed E-state index contributed by atoms with van der Waals surface area (Å²) in [4.78, 5) is 24.4. The van der Waals surface area contributed by atoms with Gasteiger partial charge in [0, 0.05) is 16.6 Å². The van der Waals surface area contributed by atoms with Crippen LogP contribution in [0.3, 0.4) is 0 Å². The summed E-state index contributed by atoms with van der Waals surface area (Å²) in [5.74, 6) is -8.47. The van der Waals surface area contributed by atoms with Crippen LogP contribution in [-0.4, -0.2) is 24.0 Å². The number of ketones is 1. The van der Waals surface area contributed by atoms with Crippen LogP contribution in [0.1, 0.15) is 16.1 Å². The molecule has 180 valence electrons. The van der Waals surface area contributed by atoms with E-state index in [0.717, 1.165) is 12.1 Å². The van der Waals surface area contributed by atoms with E-state index in [-0.39, 0.29) is 33.3 Å². The Kier molecular flexibility index (Phi) is 6.25. The summed E-state index contributed by atoms with van der Waals surface area (Å²) in [6, 6.07) is 13.5. The van der Waals surface area contributed by atoms with Gasteiger partial charge in [-0.2, -0.15) is 8.78 Å². The first kappa shape index (κ1) is 24.2. The van der Waals surface area contributed by atoms with Crippen molar-refractivity contribution in [3.8, 4) is 11.1 Å². The highest BCUT2D eigenvalue weighted by atomic mass is 35.5. The molecule has 0 radical (unpaired) electrons. The van der Waals surface area contributed by atoms with Crippen molar-refractivity contribution in [1.29, 1.82) is 0 Å². The maximum absolute atomic E-state index is 13.3. The molecule has 0 aliphatic carbocycles. The monoisotopic (exact) mass is 508 g/mol. The second-order valence-corrected chi connectivity index (χ2v) is 7.87. The summed E-state index contributed by atoms with van der Waals surface area (Å²) in [5.41, 5.74) is 7.09. The van der Waals surface area contributed by atoms with Crippen LogP contribution in [0, 0.1) is 5.82 Å². The minimum absolute atomic E-state index is 0.0110. The Balaban J connectivity index is 1.66. The number of fused-ring (bicyclic) bond motifs is 1. The van der Waals surface area contributed by atoms with Gasteiger partial charge in [-0.1, -0.05) is 29.8 Å². The van der Waals surface area contributed by atoms with Crippen molar-refractivity contribution in [3.05, 3.63) is 82.8 Å². The fraction of sp³-hybridized carbons (Fsp3) is 0.0833. The van der Waals surface area contributed by atoms with E-state index >= 15 is 0 Å². The van der Waals surface area contributed by atoms with Gasteiger partial charge in [0.1, 0.15) is 11.4 Å². The molecule has 0 spiro atoms. The molecule has 5 nitrogen and oxygen atoms in total. The Hall–Kier alpha value is -3.92. The van der Waals surface area contributed by atoms with Crippen LogP contribution < -0.4 is 11.1 Å². The van der Waals surface area contributed by atoms with Gasteiger partial charge in [0.15, 0.2) is 5.76 Å². The van der Waals surface area contributed by atoms with Crippen molar-refractivity contribution in [2.45, 2.75) is 12.3 Å². The maximum Gasteiger partial charge on any atom is 0.383 e. The topological polar surface area (TPSA) is 85.3 Å². The molecule has 0 atom stereocenters. The number of rotatable bonds is 6. The third kappa shape index (κ3) is 4.57. The molecule has 4 rings (SSSR count). The summed E-state index contributed by atoms with van der Waals surface area (Å²) in [6.07, 6.45) is -4.15. The molecular weight excluding hydrogens is 495 g/mol. The summed E-state index contributed by atoms with van der Waals surface area (Å²) in [6.45, 7) is 0. The molecule has 0 bridgehead atoms. The average molecular weight is 509 g/mol. The molecule has 0 aliphatic heterocycles. The van der Waals surface area contributed by atoms with E-state index in [0.29, 0.717) is 16.5 Å². The van der Waals surface area contributed by atoms with Crippen LogP contribution >= 0.6 is 11.6 Å². The normalized spacial score (nSPS) is 11.7. The summed E-state index contributed by atoms with van der Waals surface area (Å²) >= 11 is 5.97. The Bertz CT molecular complexity index is 1470. The van der Waals surface area contributed by atoms with Crippen LogP contribution in [0.5, 0.6) is 0 Å². The minimum Gasteiger partial charge on any atom is -0.450 e. The van der Waals surface area contributed by atoms with E-state index in [4.69, 9.17) is 21.8 Å². The molecule has 3 aromatic carbocycles. The van der Waals surface area contributed by atoms with Gasteiger partial charge in [-0.3, -0.25) is 9.59 Å². The number of halogens is 6. The lowest BCUT2D eigenvalue weighted by Gasteiger charge is -2.15. The van der Waals surface area contributed by atoms with Gasteiger partial charge in [0.2, 0.25) is 5.78 Å². The SMILES string of the molecule is Nc1c(C(=O)c2ccc(F)cc2Cl)oc2cc(-c3cccc(NC(=O)C(F)(F)C(F)F)c3)ccc12. The molecule has 35 heavy (non-hydrogen) atoms. The Labute approximate surface area is 199 Å². The zero-order valence-corrected chi connectivity index (χ0v) is 18.2. The number of hydrogen-bond acceptors (Lipinski definition) is 4. The highest BCUT2D eigenvalue weighted by molar-refractivity contribution is 6.35. The molecular formula is C24H14ClF5N2O3. The number of alkyl halides is 4. The lowest BCUT2D eigenvalue weighted by Crippen LogP contribution is -2.40. The molecule has 11 heteroatoms. The van der Waals surface area contributed by atoms with Crippen molar-refractivity contribution in [2.75, 3.05) is 11.1 Å². The zero-order valence-electron chi connectivity index (χ0n) is 17.4. The first-order valence-corrected chi connectivity index (χ1v) is 10.3. The third-order valence-corrected chi connectivity index (χ3v) is 5.45. The number of anilines is 2. The van der Waals surface area contributed by atoms with Crippen LogP contribution in [-0.2, 0) is 4.79 Å². The van der Waals surface area contributed by atoms with Gasteiger partial charge in [-0.05, 0) is 53.6 Å². The first-order valence-electron chi connectivity index (χ1n) is 9.88. The first-order chi connectivity index (χ1) is 16.5. The van der Waals surface area contributed by atoms with Crippen LogP contribution in [0.2, 0.25) is 5.02 Å². The number of furan rings is 1. The standard InChI is InChI=1S/C24H14ClF5N2O3/c25-17-10-13(26)5-7-15(17)20(33)21-19(31)16-6-4-12(9-18(16)35-21)11-2-1-3-14(8-11)32-23(34)24(29,30)22(27)28/h1-10,22H,31H2,(H,32,34). The molecule has 0 aliphatic rings.